The molecule has 1 saturated heterocycles. The summed E-state index contributed by atoms with van der Waals surface area (Å²) in [6, 6.07) is 0. The summed E-state index contributed by atoms with van der Waals surface area (Å²) in [5.41, 5.74) is 0. The number of morpholine rings is 1. The van der Waals surface area contributed by atoms with E-state index in [1.165, 1.54) is 6.08 Å². The molecule has 0 saturated carbocycles. The zero-order valence-electron chi connectivity index (χ0n) is 7.54. The van der Waals surface area contributed by atoms with Crippen molar-refractivity contribution in [1.29, 1.82) is 0 Å². The van der Waals surface area contributed by atoms with Crippen LogP contribution in [0.1, 0.15) is 6.42 Å². The molecule has 1 amide bonds. The van der Waals surface area contributed by atoms with Gasteiger partial charge in [0.2, 0.25) is 5.91 Å². The number of hydrogen-bond acceptors (Lipinski definition) is 2. The second kappa shape index (κ2) is 4.97. The van der Waals surface area contributed by atoms with Crippen LogP contribution >= 0.6 is 0 Å². The molecule has 1 aliphatic rings. The minimum atomic E-state index is -0.402. The fraction of sp³-hybridized carbons (Fsp3) is 0.667. The van der Waals surface area contributed by atoms with E-state index in [0.717, 1.165) is 0 Å². The predicted octanol–water partition coefficient (Wildman–Crippen LogP) is 0.759. The molecule has 13 heavy (non-hydrogen) atoms. The van der Waals surface area contributed by atoms with Crippen LogP contribution in [0.5, 0.6) is 0 Å². The van der Waals surface area contributed by atoms with Crippen LogP contribution in [0, 0.1) is 0 Å². The summed E-state index contributed by atoms with van der Waals surface area (Å²) in [5, 5.41) is 0. The lowest BCUT2D eigenvalue weighted by molar-refractivity contribution is -0.133. The van der Waals surface area contributed by atoms with Gasteiger partial charge >= 0.3 is 0 Å². The SMILES string of the molecule is C=CC(=O)N1CCOC(CCF)C1. The Morgan fingerprint density at radius 2 is 2.54 bits per heavy atom. The third-order valence-electron chi connectivity index (χ3n) is 2.06. The van der Waals surface area contributed by atoms with Crippen molar-refractivity contribution in [3.8, 4) is 0 Å². The largest absolute Gasteiger partial charge is 0.374 e. The Balaban J connectivity index is 2.41. The Labute approximate surface area is 77.2 Å². The van der Waals surface area contributed by atoms with E-state index in [-0.39, 0.29) is 12.0 Å². The molecular weight excluding hydrogens is 173 g/mol. The maximum absolute atomic E-state index is 12.0. The van der Waals surface area contributed by atoms with Crippen molar-refractivity contribution in [2.45, 2.75) is 12.5 Å². The summed E-state index contributed by atoms with van der Waals surface area (Å²) in [5.74, 6) is -0.104. The maximum Gasteiger partial charge on any atom is 0.246 e. The molecule has 1 atom stereocenters. The van der Waals surface area contributed by atoms with Crippen molar-refractivity contribution in [3.05, 3.63) is 12.7 Å². The smallest absolute Gasteiger partial charge is 0.246 e. The third kappa shape index (κ3) is 2.81. The summed E-state index contributed by atoms with van der Waals surface area (Å²) in [6.07, 6.45) is 1.49. The molecule has 0 aliphatic carbocycles. The minimum Gasteiger partial charge on any atom is -0.374 e. The van der Waals surface area contributed by atoms with Gasteiger partial charge < -0.3 is 9.64 Å². The Morgan fingerprint density at radius 1 is 1.77 bits per heavy atom. The van der Waals surface area contributed by atoms with Gasteiger partial charge in [0.1, 0.15) is 0 Å². The van der Waals surface area contributed by atoms with Crippen molar-refractivity contribution in [2.75, 3.05) is 26.4 Å². The molecular formula is C9H14FNO2. The molecule has 4 heteroatoms. The second-order valence-corrected chi connectivity index (χ2v) is 2.96. The van der Waals surface area contributed by atoms with Gasteiger partial charge in [-0.25, -0.2) is 0 Å². The van der Waals surface area contributed by atoms with E-state index in [1.807, 2.05) is 0 Å². The highest BCUT2D eigenvalue weighted by atomic mass is 19.1. The average molecular weight is 187 g/mol. The zero-order valence-corrected chi connectivity index (χ0v) is 7.54. The molecule has 0 spiro atoms. The first kappa shape index (κ1) is 10.2. The Hall–Kier alpha value is -0.900. The van der Waals surface area contributed by atoms with Crippen molar-refractivity contribution in [3.63, 3.8) is 0 Å². The number of hydrogen-bond donors (Lipinski definition) is 0. The monoisotopic (exact) mass is 187 g/mol. The molecule has 0 radical (unpaired) electrons. The number of nitrogens with zero attached hydrogens (tertiary/aromatic N) is 1. The highest BCUT2D eigenvalue weighted by Crippen LogP contribution is 2.09. The number of alkyl halides is 1. The fourth-order valence-electron chi connectivity index (χ4n) is 1.34. The molecule has 1 fully saturated rings. The molecule has 0 aromatic heterocycles. The molecule has 3 nitrogen and oxygen atoms in total. The highest BCUT2D eigenvalue weighted by molar-refractivity contribution is 5.87. The van der Waals surface area contributed by atoms with Crippen LogP contribution in [0.25, 0.3) is 0 Å². The molecule has 1 rings (SSSR count). The molecule has 0 aromatic rings. The van der Waals surface area contributed by atoms with E-state index in [2.05, 4.69) is 6.58 Å². The standard InChI is InChI=1S/C9H14FNO2/c1-2-9(12)11-5-6-13-8(7-11)3-4-10/h2,8H,1,3-7H2. The first-order valence-electron chi connectivity index (χ1n) is 4.37. The Morgan fingerprint density at radius 3 is 3.15 bits per heavy atom. The van der Waals surface area contributed by atoms with Gasteiger partial charge in [-0.3, -0.25) is 9.18 Å². The predicted molar refractivity (Wildman–Crippen MR) is 47.1 cm³/mol. The summed E-state index contributed by atoms with van der Waals surface area (Å²) in [4.78, 5) is 12.8. The van der Waals surface area contributed by atoms with E-state index < -0.39 is 6.67 Å². The number of halogens is 1. The van der Waals surface area contributed by atoms with Crippen LogP contribution in [0.15, 0.2) is 12.7 Å². The molecule has 0 bridgehead atoms. The maximum atomic E-state index is 12.0. The topological polar surface area (TPSA) is 29.5 Å². The van der Waals surface area contributed by atoms with Gasteiger partial charge in [0, 0.05) is 19.5 Å². The quantitative estimate of drug-likeness (QED) is 0.610. The van der Waals surface area contributed by atoms with Crippen LogP contribution in [-0.4, -0.2) is 43.3 Å². The summed E-state index contributed by atoms with van der Waals surface area (Å²) in [7, 11) is 0. The number of rotatable bonds is 3. The van der Waals surface area contributed by atoms with Crippen LogP contribution in [0.4, 0.5) is 4.39 Å². The van der Waals surface area contributed by atoms with Crippen LogP contribution in [-0.2, 0) is 9.53 Å². The first-order valence-corrected chi connectivity index (χ1v) is 4.37. The number of amides is 1. The van der Waals surface area contributed by atoms with Gasteiger partial charge in [0.15, 0.2) is 0 Å². The van der Waals surface area contributed by atoms with Gasteiger partial charge in [-0.05, 0) is 6.08 Å². The molecule has 74 valence electrons. The van der Waals surface area contributed by atoms with Gasteiger partial charge in [-0.1, -0.05) is 6.58 Å². The molecule has 1 aliphatic heterocycles. The molecule has 0 N–H and O–H groups in total. The van der Waals surface area contributed by atoms with Crippen LogP contribution in [0.2, 0.25) is 0 Å². The lowest BCUT2D eigenvalue weighted by Crippen LogP contribution is -2.45. The van der Waals surface area contributed by atoms with Crippen molar-refractivity contribution >= 4 is 5.91 Å². The van der Waals surface area contributed by atoms with Crippen molar-refractivity contribution < 1.29 is 13.9 Å². The van der Waals surface area contributed by atoms with E-state index in [4.69, 9.17) is 4.74 Å². The number of ether oxygens (including phenoxy) is 1. The zero-order chi connectivity index (χ0) is 9.68. The molecule has 1 heterocycles. The van der Waals surface area contributed by atoms with Crippen molar-refractivity contribution in [1.82, 2.24) is 4.90 Å². The second-order valence-electron chi connectivity index (χ2n) is 2.96. The normalized spacial score (nSPS) is 22.8. The van der Waals surface area contributed by atoms with Gasteiger partial charge in [0.05, 0.1) is 19.4 Å². The first-order chi connectivity index (χ1) is 6.27. The third-order valence-corrected chi connectivity index (χ3v) is 2.06. The van der Waals surface area contributed by atoms with Gasteiger partial charge in [-0.15, -0.1) is 0 Å². The fourth-order valence-corrected chi connectivity index (χ4v) is 1.34. The van der Waals surface area contributed by atoms with E-state index in [0.29, 0.717) is 26.1 Å². The summed E-state index contributed by atoms with van der Waals surface area (Å²) in [6.45, 7) is 4.55. The molecule has 0 aromatic carbocycles. The Bertz CT molecular complexity index is 194. The van der Waals surface area contributed by atoms with Gasteiger partial charge in [0.25, 0.3) is 0 Å². The van der Waals surface area contributed by atoms with Crippen LogP contribution < -0.4 is 0 Å². The van der Waals surface area contributed by atoms with Crippen molar-refractivity contribution in [2.24, 2.45) is 0 Å². The number of carbonyl (C=O) groups excluding carboxylic acids is 1. The minimum absolute atomic E-state index is 0.104. The summed E-state index contributed by atoms with van der Waals surface area (Å²) < 4.78 is 17.3. The lowest BCUT2D eigenvalue weighted by Gasteiger charge is -2.31. The van der Waals surface area contributed by atoms with Crippen LogP contribution in [0.3, 0.4) is 0 Å². The number of carbonyl (C=O) groups is 1. The van der Waals surface area contributed by atoms with E-state index >= 15 is 0 Å². The molecule has 1 unspecified atom stereocenters. The highest BCUT2D eigenvalue weighted by Gasteiger charge is 2.22. The Kier molecular flexibility index (Phi) is 3.89. The lowest BCUT2D eigenvalue weighted by atomic mass is 10.2. The average Bonchev–Trinajstić information content (AvgIpc) is 2.18. The van der Waals surface area contributed by atoms with E-state index in [9.17, 15) is 9.18 Å². The summed E-state index contributed by atoms with van der Waals surface area (Å²) >= 11 is 0. The van der Waals surface area contributed by atoms with E-state index in [1.54, 1.807) is 4.90 Å². The van der Waals surface area contributed by atoms with Gasteiger partial charge in [-0.2, -0.15) is 0 Å².